The third-order valence-corrected chi connectivity index (χ3v) is 2.76. The van der Waals surface area contributed by atoms with Crippen molar-refractivity contribution in [2.45, 2.75) is 25.8 Å². The molecule has 0 spiro atoms. The van der Waals surface area contributed by atoms with Gasteiger partial charge in [-0.05, 0) is 7.05 Å². The van der Waals surface area contributed by atoms with E-state index in [0.29, 0.717) is 5.92 Å². The largest absolute Gasteiger partial charge is 0.339 e. The molecule has 1 aromatic heterocycles. The van der Waals surface area contributed by atoms with Gasteiger partial charge in [0.05, 0.1) is 6.04 Å². The molecule has 6 heteroatoms. The van der Waals surface area contributed by atoms with E-state index in [1.165, 1.54) is 0 Å². The Morgan fingerprint density at radius 2 is 2.25 bits per heavy atom. The summed E-state index contributed by atoms with van der Waals surface area (Å²) in [5, 5.41) is 7.38. The van der Waals surface area contributed by atoms with Crippen molar-refractivity contribution in [1.29, 1.82) is 0 Å². The van der Waals surface area contributed by atoms with Crippen molar-refractivity contribution in [3.63, 3.8) is 0 Å². The van der Waals surface area contributed by atoms with E-state index in [4.69, 9.17) is 4.52 Å². The predicted octanol–water partition coefficient (Wildman–Crippen LogP) is 1.19. The summed E-state index contributed by atoms with van der Waals surface area (Å²) in [4.78, 5) is 6.68. The van der Waals surface area contributed by atoms with Crippen LogP contribution in [0.25, 0.3) is 0 Å². The van der Waals surface area contributed by atoms with Gasteiger partial charge in [0.15, 0.2) is 5.82 Å². The van der Waals surface area contributed by atoms with Gasteiger partial charge in [-0.1, -0.05) is 19.0 Å². The number of hydrogen-bond acceptors (Lipinski definition) is 5. The summed E-state index contributed by atoms with van der Waals surface area (Å²) in [6.45, 7) is 7.06. The number of halogens is 1. The molecule has 0 bridgehead atoms. The van der Waals surface area contributed by atoms with Gasteiger partial charge in [0.25, 0.3) is 0 Å². The molecule has 1 saturated heterocycles. The first-order chi connectivity index (χ1) is 7.18. The minimum absolute atomic E-state index is 0. The van der Waals surface area contributed by atoms with Crippen molar-refractivity contribution in [3.8, 4) is 0 Å². The molecule has 2 rings (SSSR count). The van der Waals surface area contributed by atoms with Crippen molar-refractivity contribution in [2.75, 3.05) is 26.7 Å². The highest BCUT2D eigenvalue weighted by Crippen LogP contribution is 2.20. The maximum atomic E-state index is 5.21. The van der Waals surface area contributed by atoms with E-state index in [0.717, 1.165) is 31.3 Å². The molecule has 5 nitrogen and oxygen atoms in total. The third-order valence-electron chi connectivity index (χ3n) is 2.76. The molecule has 1 aliphatic rings. The smallest absolute Gasteiger partial charge is 0.229 e. The Labute approximate surface area is 102 Å². The van der Waals surface area contributed by atoms with E-state index < -0.39 is 0 Å². The first-order valence-electron chi connectivity index (χ1n) is 5.43. The Morgan fingerprint density at radius 1 is 1.50 bits per heavy atom. The summed E-state index contributed by atoms with van der Waals surface area (Å²) in [6, 6.07) is 0.245. The lowest BCUT2D eigenvalue weighted by Gasteiger charge is -2.30. The lowest BCUT2D eigenvalue weighted by Crippen LogP contribution is -2.44. The molecule has 0 radical (unpaired) electrons. The maximum absolute atomic E-state index is 5.21. The first-order valence-corrected chi connectivity index (χ1v) is 5.43. The van der Waals surface area contributed by atoms with Crippen LogP contribution in [0, 0.1) is 0 Å². The molecule has 16 heavy (non-hydrogen) atoms. The molecule has 0 aliphatic carbocycles. The summed E-state index contributed by atoms with van der Waals surface area (Å²) in [5.74, 6) is 1.82. The topological polar surface area (TPSA) is 54.2 Å². The molecular weight excluding hydrogens is 228 g/mol. The molecule has 0 aromatic carbocycles. The van der Waals surface area contributed by atoms with Crippen LogP contribution in [0.2, 0.25) is 0 Å². The fourth-order valence-electron chi connectivity index (χ4n) is 1.71. The fraction of sp³-hybridized carbons (Fsp3) is 0.800. The van der Waals surface area contributed by atoms with Gasteiger partial charge in [0, 0.05) is 25.6 Å². The van der Waals surface area contributed by atoms with Gasteiger partial charge >= 0.3 is 0 Å². The standard InChI is InChI=1S/C10H18N4O.ClH/c1-7(2)10-12-9(13-15-10)8-6-11-4-5-14(8)3;/h7-8,11H,4-6H2,1-3H3;1H. The quantitative estimate of drug-likeness (QED) is 0.850. The van der Waals surface area contributed by atoms with Crippen LogP contribution in [0.3, 0.4) is 0 Å². The zero-order valence-corrected chi connectivity index (χ0v) is 10.8. The van der Waals surface area contributed by atoms with Crippen LogP contribution in [-0.2, 0) is 0 Å². The van der Waals surface area contributed by atoms with E-state index in [-0.39, 0.29) is 18.4 Å². The Kier molecular flexibility index (Phi) is 4.70. The van der Waals surface area contributed by atoms with Crippen LogP contribution in [0.15, 0.2) is 4.52 Å². The minimum atomic E-state index is 0. The molecular formula is C10H19ClN4O. The summed E-state index contributed by atoms with van der Waals surface area (Å²) in [6.07, 6.45) is 0. The average Bonchev–Trinajstić information content (AvgIpc) is 2.67. The number of aromatic nitrogens is 2. The van der Waals surface area contributed by atoms with Crippen molar-refractivity contribution >= 4 is 12.4 Å². The zero-order valence-electron chi connectivity index (χ0n) is 9.93. The first kappa shape index (κ1) is 13.4. The lowest BCUT2D eigenvalue weighted by molar-refractivity contribution is 0.190. The normalized spacial score (nSPS) is 22.1. The van der Waals surface area contributed by atoms with Gasteiger partial charge < -0.3 is 9.84 Å². The second-order valence-electron chi connectivity index (χ2n) is 4.35. The highest BCUT2D eigenvalue weighted by molar-refractivity contribution is 5.85. The summed E-state index contributed by atoms with van der Waals surface area (Å²) >= 11 is 0. The number of hydrogen-bond donors (Lipinski definition) is 1. The number of likely N-dealkylation sites (N-methyl/N-ethyl adjacent to an activating group) is 1. The highest BCUT2D eigenvalue weighted by Gasteiger charge is 2.25. The molecule has 1 N–H and O–H groups in total. The lowest BCUT2D eigenvalue weighted by atomic mass is 10.2. The predicted molar refractivity (Wildman–Crippen MR) is 63.9 cm³/mol. The van der Waals surface area contributed by atoms with E-state index in [1.54, 1.807) is 0 Å². The summed E-state index contributed by atoms with van der Waals surface area (Å²) < 4.78 is 5.21. The summed E-state index contributed by atoms with van der Waals surface area (Å²) in [7, 11) is 2.09. The van der Waals surface area contributed by atoms with Crippen molar-refractivity contribution in [2.24, 2.45) is 0 Å². The molecule has 92 valence electrons. The van der Waals surface area contributed by atoms with Gasteiger partial charge in [-0.25, -0.2) is 0 Å². The van der Waals surface area contributed by atoms with Crippen LogP contribution >= 0.6 is 12.4 Å². The van der Waals surface area contributed by atoms with Crippen molar-refractivity contribution in [1.82, 2.24) is 20.4 Å². The van der Waals surface area contributed by atoms with Crippen LogP contribution < -0.4 is 5.32 Å². The molecule has 1 aliphatic heterocycles. The maximum Gasteiger partial charge on any atom is 0.229 e. The van der Waals surface area contributed by atoms with Crippen LogP contribution in [0.5, 0.6) is 0 Å². The van der Waals surface area contributed by atoms with Crippen molar-refractivity contribution in [3.05, 3.63) is 11.7 Å². The Bertz CT molecular complexity index is 328. The number of nitrogens with zero attached hydrogens (tertiary/aromatic N) is 3. The molecule has 1 unspecified atom stereocenters. The van der Waals surface area contributed by atoms with Crippen molar-refractivity contribution < 1.29 is 4.52 Å². The Morgan fingerprint density at radius 3 is 2.81 bits per heavy atom. The fourth-order valence-corrected chi connectivity index (χ4v) is 1.71. The SMILES string of the molecule is CC(C)c1nc(C2CNCCN2C)no1.Cl. The minimum Gasteiger partial charge on any atom is -0.339 e. The average molecular weight is 247 g/mol. The second-order valence-corrected chi connectivity index (χ2v) is 4.35. The van der Waals surface area contributed by atoms with Crippen LogP contribution in [0.1, 0.15) is 37.5 Å². The number of rotatable bonds is 2. The van der Waals surface area contributed by atoms with Crippen LogP contribution in [0.4, 0.5) is 0 Å². The monoisotopic (exact) mass is 246 g/mol. The van der Waals surface area contributed by atoms with E-state index in [2.05, 4.69) is 41.3 Å². The van der Waals surface area contributed by atoms with Crippen LogP contribution in [-0.4, -0.2) is 41.7 Å². The molecule has 0 saturated carbocycles. The molecule has 2 heterocycles. The van der Waals surface area contributed by atoms with Gasteiger partial charge in [-0.3, -0.25) is 4.90 Å². The van der Waals surface area contributed by atoms with Gasteiger partial charge in [0.1, 0.15) is 0 Å². The van der Waals surface area contributed by atoms with E-state index in [1.807, 2.05) is 0 Å². The molecule has 0 amide bonds. The Balaban J connectivity index is 0.00000128. The van der Waals surface area contributed by atoms with Gasteiger partial charge in [-0.15, -0.1) is 12.4 Å². The molecule has 1 fully saturated rings. The van der Waals surface area contributed by atoms with Gasteiger partial charge in [0.2, 0.25) is 5.89 Å². The molecule has 1 atom stereocenters. The highest BCUT2D eigenvalue weighted by atomic mass is 35.5. The van der Waals surface area contributed by atoms with E-state index >= 15 is 0 Å². The number of nitrogens with one attached hydrogen (secondary N) is 1. The molecule has 1 aromatic rings. The summed E-state index contributed by atoms with van der Waals surface area (Å²) in [5.41, 5.74) is 0. The Hall–Kier alpha value is -0.650. The van der Waals surface area contributed by atoms with E-state index in [9.17, 15) is 0 Å². The zero-order chi connectivity index (χ0) is 10.8. The van der Waals surface area contributed by atoms with Gasteiger partial charge in [-0.2, -0.15) is 4.98 Å². The number of piperazine rings is 1. The second kappa shape index (κ2) is 5.61. The third kappa shape index (κ3) is 2.72.